The third-order valence-electron chi connectivity index (χ3n) is 4.59. The Bertz CT molecular complexity index is 306. The van der Waals surface area contributed by atoms with E-state index in [1.807, 2.05) is 0 Å². The van der Waals surface area contributed by atoms with Crippen molar-refractivity contribution in [3.63, 3.8) is 0 Å². The van der Waals surface area contributed by atoms with Crippen molar-refractivity contribution in [3.8, 4) is 0 Å². The van der Waals surface area contributed by atoms with E-state index in [4.69, 9.17) is 5.11 Å². The van der Waals surface area contributed by atoms with Gasteiger partial charge < -0.3 is 15.7 Å². The molecule has 0 spiro atoms. The molecule has 0 fully saturated rings. The van der Waals surface area contributed by atoms with E-state index in [0.717, 1.165) is 32.1 Å². The quantitative estimate of drug-likeness (QED) is 0.546. The van der Waals surface area contributed by atoms with Crippen LogP contribution in [0.4, 0.5) is 4.79 Å². The van der Waals surface area contributed by atoms with E-state index < -0.39 is 5.97 Å². The molecule has 0 aromatic rings. The summed E-state index contributed by atoms with van der Waals surface area (Å²) in [5, 5.41) is 14.7. The molecule has 0 aromatic carbocycles. The SMILES string of the molecule is CCC(CCNC(=O)NC(CC)(CC)CC)CCC(=O)O. The van der Waals surface area contributed by atoms with Gasteiger partial charge in [-0.05, 0) is 38.0 Å². The highest BCUT2D eigenvalue weighted by atomic mass is 16.4. The normalized spacial score (nSPS) is 12.8. The lowest BCUT2D eigenvalue weighted by atomic mass is 9.90. The van der Waals surface area contributed by atoms with Crippen molar-refractivity contribution < 1.29 is 14.7 Å². The number of carbonyl (C=O) groups excluding carboxylic acids is 1. The van der Waals surface area contributed by atoms with Crippen LogP contribution in [0.2, 0.25) is 0 Å². The molecule has 0 aliphatic rings. The van der Waals surface area contributed by atoms with E-state index in [-0.39, 0.29) is 18.0 Å². The predicted molar refractivity (Wildman–Crippen MR) is 85.4 cm³/mol. The van der Waals surface area contributed by atoms with Crippen LogP contribution in [0.15, 0.2) is 0 Å². The molecule has 0 radical (unpaired) electrons. The zero-order valence-electron chi connectivity index (χ0n) is 14.0. The summed E-state index contributed by atoms with van der Waals surface area (Å²) in [5.41, 5.74) is -0.114. The van der Waals surface area contributed by atoms with Gasteiger partial charge in [0.25, 0.3) is 0 Å². The summed E-state index contributed by atoms with van der Waals surface area (Å²) in [6.07, 6.45) is 5.41. The lowest BCUT2D eigenvalue weighted by Gasteiger charge is -2.31. The van der Waals surface area contributed by atoms with Gasteiger partial charge in [0.2, 0.25) is 0 Å². The molecule has 124 valence electrons. The minimum absolute atomic E-state index is 0.114. The summed E-state index contributed by atoms with van der Waals surface area (Å²) in [5.74, 6) is -0.396. The summed E-state index contributed by atoms with van der Waals surface area (Å²) in [7, 11) is 0. The van der Waals surface area contributed by atoms with Crippen molar-refractivity contribution in [2.75, 3.05) is 6.54 Å². The lowest BCUT2D eigenvalue weighted by Crippen LogP contribution is -2.51. The van der Waals surface area contributed by atoms with Crippen LogP contribution in [-0.2, 0) is 4.79 Å². The molecule has 2 amide bonds. The number of aliphatic carboxylic acids is 1. The molecule has 0 rings (SSSR count). The predicted octanol–water partition coefficient (Wildman–Crippen LogP) is 3.54. The summed E-state index contributed by atoms with van der Waals surface area (Å²) in [6.45, 7) is 8.92. The van der Waals surface area contributed by atoms with Crippen LogP contribution in [0.5, 0.6) is 0 Å². The fraction of sp³-hybridized carbons (Fsp3) is 0.875. The second kappa shape index (κ2) is 10.5. The van der Waals surface area contributed by atoms with E-state index in [2.05, 4.69) is 38.3 Å². The Hall–Kier alpha value is -1.26. The van der Waals surface area contributed by atoms with Gasteiger partial charge in [-0.25, -0.2) is 4.79 Å². The van der Waals surface area contributed by atoms with Crippen LogP contribution in [0.3, 0.4) is 0 Å². The van der Waals surface area contributed by atoms with Crippen LogP contribution in [-0.4, -0.2) is 29.2 Å². The van der Waals surface area contributed by atoms with Crippen LogP contribution in [0.1, 0.15) is 72.6 Å². The van der Waals surface area contributed by atoms with Gasteiger partial charge in [0.1, 0.15) is 0 Å². The van der Waals surface area contributed by atoms with E-state index >= 15 is 0 Å². The number of amides is 2. The van der Waals surface area contributed by atoms with Gasteiger partial charge in [0.15, 0.2) is 0 Å². The highest BCUT2D eigenvalue weighted by molar-refractivity contribution is 5.74. The maximum absolute atomic E-state index is 12.0. The van der Waals surface area contributed by atoms with Gasteiger partial charge in [-0.15, -0.1) is 0 Å². The Balaban J connectivity index is 4.09. The van der Waals surface area contributed by atoms with Gasteiger partial charge >= 0.3 is 12.0 Å². The highest BCUT2D eigenvalue weighted by Crippen LogP contribution is 2.19. The second-order valence-corrected chi connectivity index (χ2v) is 5.72. The molecule has 0 saturated heterocycles. The van der Waals surface area contributed by atoms with E-state index in [9.17, 15) is 9.59 Å². The first-order chi connectivity index (χ1) is 9.92. The van der Waals surface area contributed by atoms with E-state index in [0.29, 0.717) is 18.9 Å². The van der Waals surface area contributed by atoms with Crippen molar-refractivity contribution in [2.45, 2.75) is 78.2 Å². The van der Waals surface area contributed by atoms with Gasteiger partial charge in [-0.2, -0.15) is 0 Å². The molecule has 3 N–H and O–H groups in total. The van der Waals surface area contributed by atoms with E-state index in [1.54, 1.807) is 0 Å². The molecule has 0 heterocycles. The maximum Gasteiger partial charge on any atom is 0.315 e. The van der Waals surface area contributed by atoms with Crippen LogP contribution >= 0.6 is 0 Å². The molecular weight excluding hydrogens is 268 g/mol. The largest absolute Gasteiger partial charge is 0.481 e. The molecule has 0 saturated carbocycles. The number of hydrogen-bond acceptors (Lipinski definition) is 2. The third-order valence-corrected chi connectivity index (χ3v) is 4.59. The standard InChI is InChI=1S/C16H32N2O3/c1-5-13(9-10-14(19)20)11-12-17-15(21)18-16(6-2,7-3)8-4/h13H,5-12H2,1-4H3,(H,19,20)(H2,17,18,21). The van der Waals surface area contributed by atoms with Gasteiger partial charge in [0, 0.05) is 18.5 Å². The average molecular weight is 300 g/mol. The Kier molecular flexibility index (Phi) is 9.84. The van der Waals surface area contributed by atoms with Crippen molar-refractivity contribution in [1.29, 1.82) is 0 Å². The number of nitrogens with one attached hydrogen (secondary N) is 2. The molecule has 1 atom stereocenters. The Labute approximate surface area is 128 Å². The highest BCUT2D eigenvalue weighted by Gasteiger charge is 2.25. The van der Waals surface area contributed by atoms with Crippen LogP contribution in [0.25, 0.3) is 0 Å². The maximum atomic E-state index is 12.0. The molecule has 1 unspecified atom stereocenters. The molecule has 0 aliphatic heterocycles. The molecule has 5 heteroatoms. The Morgan fingerprint density at radius 2 is 1.62 bits per heavy atom. The summed E-state index contributed by atoms with van der Waals surface area (Å²) in [6, 6.07) is -0.117. The average Bonchev–Trinajstić information content (AvgIpc) is 2.48. The Morgan fingerprint density at radius 3 is 2.05 bits per heavy atom. The molecule has 0 aliphatic carbocycles. The zero-order valence-corrected chi connectivity index (χ0v) is 14.0. The summed E-state index contributed by atoms with van der Waals surface area (Å²) < 4.78 is 0. The molecule has 0 bridgehead atoms. The van der Waals surface area contributed by atoms with Crippen molar-refractivity contribution in [3.05, 3.63) is 0 Å². The van der Waals surface area contributed by atoms with Gasteiger partial charge in [0.05, 0.1) is 0 Å². The number of hydrogen-bond donors (Lipinski definition) is 3. The van der Waals surface area contributed by atoms with Crippen LogP contribution < -0.4 is 10.6 Å². The zero-order chi connectivity index (χ0) is 16.3. The first-order valence-corrected chi connectivity index (χ1v) is 8.20. The number of urea groups is 1. The first-order valence-electron chi connectivity index (χ1n) is 8.20. The van der Waals surface area contributed by atoms with Gasteiger partial charge in [-0.3, -0.25) is 4.79 Å². The number of carbonyl (C=O) groups is 2. The number of carboxylic acids is 1. The molecule has 5 nitrogen and oxygen atoms in total. The van der Waals surface area contributed by atoms with Crippen molar-refractivity contribution in [2.24, 2.45) is 5.92 Å². The topological polar surface area (TPSA) is 78.4 Å². The Morgan fingerprint density at radius 1 is 1.05 bits per heavy atom. The minimum Gasteiger partial charge on any atom is -0.481 e. The van der Waals surface area contributed by atoms with E-state index in [1.165, 1.54) is 0 Å². The van der Waals surface area contributed by atoms with Gasteiger partial charge in [-0.1, -0.05) is 34.1 Å². The van der Waals surface area contributed by atoms with Crippen molar-refractivity contribution >= 4 is 12.0 Å². The number of carboxylic acid groups (broad SMARTS) is 1. The number of rotatable bonds is 11. The summed E-state index contributed by atoms with van der Waals surface area (Å²) in [4.78, 5) is 22.5. The minimum atomic E-state index is -0.752. The molecular formula is C16H32N2O3. The lowest BCUT2D eigenvalue weighted by molar-refractivity contribution is -0.137. The molecule has 21 heavy (non-hydrogen) atoms. The fourth-order valence-electron chi connectivity index (χ4n) is 2.57. The smallest absolute Gasteiger partial charge is 0.315 e. The third kappa shape index (κ3) is 7.93. The fourth-order valence-corrected chi connectivity index (χ4v) is 2.57. The monoisotopic (exact) mass is 300 g/mol. The second-order valence-electron chi connectivity index (χ2n) is 5.72. The van der Waals surface area contributed by atoms with Crippen molar-refractivity contribution in [1.82, 2.24) is 10.6 Å². The first kappa shape index (κ1) is 19.7. The van der Waals surface area contributed by atoms with Crippen LogP contribution in [0, 0.1) is 5.92 Å². The summed E-state index contributed by atoms with van der Waals surface area (Å²) >= 11 is 0. The molecule has 0 aromatic heterocycles.